The van der Waals surface area contributed by atoms with E-state index in [1.54, 1.807) is 17.0 Å². The SMILES string of the molecule is CC(C)(C)NC(N)=NCc1ccc(C(=O)N2CCNC(=O)C2)cc1.I. The van der Waals surface area contributed by atoms with Crippen molar-refractivity contribution in [2.24, 2.45) is 10.7 Å². The molecule has 1 aromatic rings. The van der Waals surface area contributed by atoms with E-state index in [9.17, 15) is 9.59 Å². The number of carbonyl (C=O) groups excluding carboxylic acids is 2. The molecule has 0 saturated carbocycles. The van der Waals surface area contributed by atoms with Gasteiger partial charge in [0.05, 0.1) is 13.1 Å². The molecule has 1 aromatic carbocycles. The van der Waals surface area contributed by atoms with Gasteiger partial charge in [0.15, 0.2) is 5.96 Å². The summed E-state index contributed by atoms with van der Waals surface area (Å²) in [5, 5.41) is 5.80. The molecule has 4 N–H and O–H groups in total. The van der Waals surface area contributed by atoms with E-state index in [4.69, 9.17) is 5.73 Å². The first-order valence-electron chi connectivity index (χ1n) is 7.97. The minimum Gasteiger partial charge on any atom is -0.370 e. The van der Waals surface area contributed by atoms with Gasteiger partial charge < -0.3 is 21.3 Å². The van der Waals surface area contributed by atoms with E-state index in [0.717, 1.165) is 5.56 Å². The zero-order valence-corrected chi connectivity index (χ0v) is 17.2. The van der Waals surface area contributed by atoms with E-state index in [1.807, 2.05) is 32.9 Å². The predicted octanol–water partition coefficient (Wildman–Crippen LogP) is 1.08. The third-order valence-corrected chi connectivity index (χ3v) is 3.46. The Labute approximate surface area is 165 Å². The number of amides is 2. The molecule has 1 aliphatic heterocycles. The van der Waals surface area contributed by atoms with Gasteiger partial charge in [-0.2, -0.15) is 0 Å². The van der Waals surface area contributed by atoms with Gasteiger partial charge in [0.2, 0.25) is 5.91 Å². The maximum atomic E-state index is 12.4. The maximum Gasteiger partial charge on any atom is 0.254 e. The fourth-order valence-corrected chi connectivity index (χ4v) is 2.35. The molecule has 1 fully saturated rings. The van der Waals surface area contributed by atoms with Crippen molar-refractivity contribution in [3.63, 3.8) is 0 Å². The van der Waals surface area contributed by atoms with E-state index < -0.39 is 0 Å². The number of aliphatic imine (C=N–C) groups is 1. The second kappa shape index (κ2) is 9.02. The van der Waals surface area contributed by atoms with Crippen LogP contribution in [0.25, 0.3) is 0 Å². The summed E-state index contributed by atoms with van der Waals surface area (Å²) in [6.07, 6.45) is 0. The van der Waals surface area contributed by atoms with Gasteiger partial charge in [-0.1, -0.05) is 12.1 Å². The molecule has 0 aliphatic carbocycles. The van der Waals surface area contributed by atoms with Gasteiger partial charge in [0.25, 0.3) is 5.91 Å². The molecule has 0 radical (unpaired) electrons. The molecule has 2 amide bonds. The van der Waals surface area contributed by atoms with Gasteiger partial charge in [0, 0.05) is 24.2 Å². The molecule has 2 rings (SSSR count). The summed E-state index contributed by atoms with van der Waals surface area (Å²) in [6, 6.07) is 7.22. The summed E-state index contributed by atoms with van der Waals surface area (Å²) < 4.78 is 0. The second-order valence-corrected chi connectivity index (χ2v) is 6.85. The lowest BCUT2D eigenvalue weighted by molar-refractivity contribution is -0.123. The van der Waals surface area contributed by atoms with Crippen LogP contribution >= 0.6 is 24.0 Å². The Balaban J connectivity index is 0.00000312. The molecule has 0 bridgehead atoms. The first-order chi connectivity index (χ1) is 11.2. The van der Waals surface area contributed by atoms with Gasteiger partial charge in [-0.15, -0.1) is 24.0 Å². The molecule has 138 valence electrons. The van der Waals surface area contributed by atoms with Gasteiger partial charge in [-0.3, -0.25) is 9.59 Å². The van der Waals surface area contributed by atoms with Crippen LogP contribution in [0, 0.1) is 0 Å². The number of halogens is 1. The molecule has 1 aliphatic rings. The van der Waals surface area contributed by atoms with E-state index >= 15 is 0 Å². The fraction of sp³-hybridized carbons (Fsp3) is 0.471. The summed E-state index contributed by atoms with van der Waals surface area (Å²) in [5.74, 6) is 0.137. The normalized spacial score (nSPS) is 15.2. The summed E-state index contributed by atoms with van der Waals surface area (Å²) in [7, 11) is 0. The molecular formula is C17H26IN5O2. The van der Waals surface area contributed by atoms with Crippen LogP contribution in [0.4, 0.5) is 0 Å². The molecule has 7 nitrogen and oxygen atoms in total. The van der Waals surface area contributed by atoms with Gasteiger partial charge in [-0.25, -0.2) is 4.99 Å². The monoisotopic (exact) mass is 459 g/mol. The largest absolute Gasteiger partial charge is 0.370 e. The Morgan fingerprint density at radius 2 is 1.96 bits per heavy atom. The zero-order valence-electron chi connectivity index (χ0n) is 14.8. The minimum atomic E-state index is -0.134. The van der Waals surface area contributed by atoms with Crippen LogP contribution in [0.3, 0.4) is 0 Å². The predicted molar refractivity (Wildman–Crippen MR) is 109 cm³/mol. The number of hydrogen-bond donors (Lipinski definition) is 3. The third-order valence-electron chi connectivity index (χ3n) is 3.46. The van der Waals surface area contributed by atoms with Crippen LogP contribution in [0.1, 0.15) is 36.7 Å². The van der Waals surface area contributed by atoms with E-state index in [1.165, 1.54) is 0 Å². The van der Waals surface area contributed by atoms with Crippen LogP contribution in [0.15, 0.2) is 29.3 Å². The van der Waals surface area contributed by atoms with Crippen LogP contribution in [0.5, 0.6) is 0 Å². The second-order valence-electron chi connectivity index (χ2n) is 6.85. The Kier molecular flexibility index (Phi) is 7.65. The van der Waals surface area contributed by atoms with Gasteiger partial charge in [0.1, 0.15) is 0 Å². The van der Waals surface area contributed by atoms with Crippen LogP contribution < -0.4 is 16.4 Å². The van der Waals surface area contributed by atoms with E-state index in [0.29, 0.717) is 31.2 Å². The number of hydrogen-bond acceptors (Lipinski definition) is 3. The first-order valence-corrected chi connectivity index (χ1v) is 7.97. The average Bonchev–Trinajstić information content (AvgIpc) is 2.51. The lowest BCUT2D eigenvalue weighted by Crippen LogP contribution is -2.49. The van der Waals surface area contributed by atoms with E-state index in [-0.39, 0.29) is 47.9 Å². The number of nitrogens with two attached hydrogens (primary N) is 1. The van der Waals surface area contributed by atoms with Crippen molar-refractivity contribution in [1.82, 2.24) is 15.5 Å². The summed E-state index contributed by atoms with van der Waals surface area (Å²) in [5.41, 5.74) is 7.23. The lowest BCUT2D eigenvalue weighted by Gasteiger charge is -2.26. The quantitative estimate of drug-likeness (QED) is 0.358. The molecule has 0 atom stereocenters. The summed E-state index contributed by atoms with van der Waals surface area (Å²) >= 11 is 0. The van der Waals surface area contributed by atoms with Crippen LogP contribution in [0.2, 0.25) is 0 Å². The van der Waals surface area contributed by atoms with E-state index in [2.05, 4.69) is 15.6 Å². The van der Waals surface area contributed by atoms with Crippen molar-refractivity contribution in [1.29, 1.82) is 0 Å². The maximum absolute atomic E-state index is 12.4. The Hall–Kier alpha value is -1.84. The number of piperazine rings is 1. The number of rotatable bonds is 3. The summed E-state index contributed by atoms with van der Waals surface area (Å²) in [6.45, 7) is 7.61. The highest BCUT2D eigenvalue weighted by Gasteiger charge is 2.22. The Morgan fingerprint density at radius 1 is 1.32 bits per heavy atom. The molecule has 1 saturated heterocycles. The van der Waals surface area contributed by atoms with Crippen molar-refractivity contribution >= 4 is 41.8 Å². The van der Waals surface area contributed by atoms with Crippen molar-refractivity contribution < 1.29 is 9.59 Å². The third kappa shape index (κ3) is 6.89. The van der Waals surface area contributed by atoms with Crippen molar-refractivity contribution in [3.05, 3.63) is 35.4 Å². The average molecular weight is 459 g/mol. The Bertz CT molecular complexity index is 637. The molecule has 1 heterocycles. The Morgan fingerprint density at radius 3 is 2.52 bits per heavy atom. The number of guanidine groups is 1. The van der Waals surface area contributed by atoms with Gasteiger partial charge in [-0.05, 0) is 38.5 Å². The van der Waals surface area contributed by atoms with Crippen LogP contribution in [-0.2, 0) is 11.3 Å². The minimum absolute atomic E-state index is 0. The number of nitrogens with zero attached hydrogens (tertiary/aromatic N) is 2. The lowest BCUT2D eigenvalue weighted by atomic mass is 10.1. The van der Waals surface area contributed by atoms with Crippen molar-refractivity contribution in [2.45, 2.75) is 32.9 Å². The van der Waals surface area contributed by atoms with Crippen molar-refractivity contribution in [2.75, 3.05) is 19.6 Å². The number of benzene rings is 1. The smallest absolute Gasteiger partial charge is 0.254 e. The standard InChI is InChI=1S/C17H25N5O2.HI/c1-17(2,3)21-16(18)20-10-12-4-6-13(7-5-12)15(24)22-9-8-19-14(23)11-22;/h4-7H,8-11H2,1-3H3,(H,19,23)(H3,18,20,21);1H. The highest BCUT2D eigenvalue weighted by molar-refractivity contribution is 14.0. The van der Waals surface area contributed by atoms with Gasteiger partial charge >= 0.3 is 0 Å². The highest BCUT2D eigenvalue weighted by Crippen LogP contribution is 2.10. The van der Waals surface area contributed by atoms with Crippen LogP contribution in [-0.4, -0.2) is 47.8 Å². The summed E-state index contributed by atoms with van der Waals surface area (Å²) in [4.78, 5) is 29.6. The molecule has 0 unspecified atom stereocenters. The number of carbonyl (C=O) groups is 2. The van der Waals surface area contributed by atoms with Crippen molar-refractivity contribution in [3.8, 4) is 0 Å². The topological polar surface area (TPSA) is 99.8 Å². The molecule has 0 spiro atoms. The molecule has 8 heteroatoms. The zero-order chi connectivity index (χ0) is 17.7. The number of nitrogens with one attached hydrogen (secondary N) is 2. The first kappa shape index (κ1) is 21.2. The molecular weight excluding hydrogens is 433 g/mol. The highest BCUT2D eigenvalue weighted by atomic mass is 127. The molecule has 25 heavy (non-hydrogen) atoms. The fourth-order valence-electron chi connectivity index (χ4n) is 2.35. The molecule has 0 aromatic heterocycles.